The molecule has 0 atom stereocenters. The number of amides is 2. The third-order valence-corrected chi connectivity index (χ3v) is 5.05. The van der Waals surface area contributed by atoms with E-state index in [1.165, 1.54) is 0 Å². The molecular formula is C21H19ClN4O2. The summed E-state index contributed by atoms with van der Waals surface area (Å²) in [5.41, 5.74) is 2.22. The smallest absolute Gasteiger partial charge is 0.313 e. The van der Waals surface area contributed by atoms with Gasteiger partial charge in [-0.25, -0.2) is 0 Å². The van der Waals surface area contributed by atoms with Gasteiger partial charge in [-0.2, -0.15) is 0 Å². The first-order valence-corrected chi connectivity index (χ1v) is 9.44. The average molecular weight is 395 g/mol. The van der Waals surface area contributed by atoms with Crippen LogP contribution in [0.15, 0.2) is 60.8 Å². The van der Waals surface area contributed by atoms with Gasteiger partial charge < -0.3 is 15.1 Å². The van der Waals surface area contributed by atoms with Gasteiger partial charge in [0, 0.05) is 48.5 Å². The third kappa shape index (κ3) is 3.77. The summed E-state index contributed by atoms with van der Waals surface area (Å²) >= 11 is 6.05. The molecule has 4 rings (SSSR count). The lowest BCUT2D eigenvalue weighted by Crippen LogP contribution is -2.51. The molecule has 1 N–H and O–H groups in total. The molecular weight excluding hydrogens is 376 g/mol. The standard InChI is InChI=1S/C21H19ClN4O2/c22-16-6-2-7-17(14-16)25-10-12-26(13-11-25)21(28)20(27)24-18-8-1-4-15-5-3-9-23-19(15)18/h1-9,14H,10-13H2,(H,24,27). The number of halogens is 1. The molecule has 3 aromatic rings. The van der Waals surface area contributed by atoms with E-state index < -0.39 is 11.8 Å². The number of rotatable bonds is 2. The van der Waals surface area contributed by atoms with Crippen molar-refractivity contribution in [1.29, 1.82) is 0 Å². The van der Waals surface area contributed by atoms with Crippen molar-refractivity contribution in [3.63, 3.8) is 0 Å². The largest absolute Gasteiger partial charge is 0.368 e. The lowest BCUT2D eigenvalue weighted by atomic mass is 10.2. The number of carbonyl (C=O) groups excluding carboxylic acids is 2. The number of pyridine rings is 1. The van der Waals surface area contributed by atoms with Crippen molar-refractivity contribution in [3.05, 3.63) is 65.8 Å². The fraction of sp³-hybridized carbons (Fsp3) is 0.190. The summed E-state index contributed by atoms with van der Waals surface area (Å²) in [7, 11) is 0. The van der Waals surface area contributed by atoms with E-state index in [1.54, 1.807) is 17.2 Å². The summed E-state index contributed by atoms with van der Waals surface area (Å²) in [6.07, 6.45) is 1.66. The number of anilines is 2. The Hall–Kier alpha value is -3.12. The van der Waals surface area contributed by atoms with E-state index in [4.69, 9.17) is 11.6 Å². The molecule has 28 heavy (non-hydrogen) atoms. The third-order valence-electron chi connectivity index (χ3n) is 4.82. The Morgan fingerprint density at radius 2 is 1.71 bits per heavy atom. The molecule has 2 aromatic carbocycles. The summed E-state index contributed by atoms with van der Waals surface area (Å²) in [5.74, 6) is -1.17. The minimum Gasteiger partial charge on any atom is -0.368 e. The molecule has 0 bridgehead atoms. The molecule has 0 spiro atoms. The molecule has 0 aliphatic carbocycles. The number of piperazine rings is 1. The fourth-order valence-corrected chi connectivity index (χ4v) is 3.55. The average Bonchev–Trinajstić information content (AvgIpc) is 2.73. The minimum atomic E-state index is -0.644. The Bertz CT molecular complexity index is 1030. The van der Waals surface area contributed by atoms with Gasteiger partial charge in [-0.05, 0) is 30.3 Å². The zero-order valence-electron chi connectivity index (χ0n) is 15.1. The molecule has 1 aliphatic heterocycles. The SMILES string of the molecule is O=C(Nc1cccc2cccnc12)C(=O)N1CCN(c2cccc(Cl)c2)CC1. The zero-order valence-corrected chi connectivity index (χ0v) is 15.9. The van der Waals surface area contributed by atoms with Crippen LogP contribution in [0.4, 0.5) is 11.4 Å². The summed E-state index contributed by atoms with van der Waals surface area (Å²) in [6.45, 7) is 2.25. The maximum absolute atomic E-state index is 12.6. The van der Waals surface area contributed by atoms with Crippen LogP contribution in [0.2, 0.25) is 5.02 Å². The Balaban J connectivity index is 1.40. The van der Waals surface area contributed by atoms with Crippen LogP contribution in [0.1, 0.15) is 0 Å². The minimum absolute atomic E-state index is 0.479. The number of hydrogen-bond donors (Lipinski definition) is 1. The van der Waals surface area contributed by atoms with E-state index in [0.717, 1.165) is 11.1 Å². The molecule has 0 saturated carbocycles. The van der Waals surface area contributed by atoms with E-state index in [1.807, 2.05) is 48.5 Å². The number of nitrogens with zero attached hydrogens (tertiary/aromatic N) is 3. The number of benzene rings is 2. The van der Waals surface area contributed by atoms with Gasteiger partial charge in [-0.1, -0.05) is 35.9 Å². The fourth-order valence-electron chi connectivity index (χ4n) is 3.37. The van der Waals surface area contributed by atoms with Crippen LogP contribution in [0.25, 0.3) is 10.9 Å². The van der Waals surface area contributed by atoms with Crippen molar-refractivity contribution < 1.29 is 9.59 Å². The molecule has 1 aliphatic rings. The summed E-state index contributed by atoms with van der Waals surface area (Å²) in [5, 5.41) is 4.29. The van der Waals surface area contributed by atoms with Crippen LogP contribution in [0.5, 0.6) is 0 Å². The van der Waals surface area contributed by atoms with Crippen LogP contribution >= 0.6 is 11.6 Å². The molecule has 2 heterocycles. The van der Waals surface area contributed by atoms with Gasteiger partial charge in [-0.15, -0.1) is 0 Å². The van der Waals surface area contributed by atoms with Crippen molar-refractivity contribution in [2.24, 2.45) is 0 Å². The summed E-state index contributed by atoms with van der Waals surface area (Å²) < 4.78 is 0. The van der Waals surface area contributed by atoms with Gasteiger partial charge in [0.2, 0.25) is 0 Å². The highest BCUT2D eigenvalue weighted by Gasteiger charge is 2.26. The van der Waals surface area contributed by atoms with Crippen LogP contribution < -0.4 is 10.2 Å². The Kier molecular flexibility index (Phi) is 5.12. The molecule has 1 saturated heterocycles. The van der Waals surface area contributed by atoms with Gasteiger partial charge in [0.15, 0.2) is 0 Å². The maximum atomic E-state index is 12.6. The zero-order chi connectivity index (χ0) is 19.5. The normalized spacial score (nSPS) is 14.2. The number of hydrogen-bond acceptors (Lipinski definition) is 4. The van der Waals surface area contributed by atoms with Crippen molar-refractivity contribution in [3.8, 4) is 0 Å². The summed E-state index contributed by atoms with van der Waals surface area (Å²) in [4.78, 5) is 33.1. The first-order chi connectivity index (χ1) is 13.6. The van der Waals surface area contributed by atoms with Gasteiger partial charge in [-0.3, -0.25) is 14.6 Å². The van der Waals surface area contributed by atoms with Crippen molar-refractivity contribution >= 4 is 45.7 Å². The highest BCUT2D eigenvalue weighted by Crippen LogP contribution is 2.22. The van der Waals surface area contributed by atoms with E-state index in [0.29, 0.717) is 42.4 Å². The number of carbonyl (C=O) groups is 2. The van der Waals surface area contributed by atoms with Gasteiger partial charge in [0.25, 0.3) is 0 Å². The van der Waals surface area contributed by atoms with Gasteiger partial charge in [0.1, 0.15) is 0 Å². The molecule has 1 fully saturated rings. The number of nitrogens with one attached hydrogen (secondary N) is 1. The van der Waals surface area contributed by atoms with Crippen LogP contribution in [0, 0.1) is 0 Å². The Labute approximate surface area is 167 Å². The van der Waals surface area contributed by atoms with Crippen molar-refractivity contribution in [2.45, 2.75) is 0 Å². The molecule has 0 unspecified atom stereocenters. The van der Waals surface area contributed by atoms with E-state index in [9.17, 15) is 9.59 Å². The monoisotopic (exact) mass is 394 g/mol. The predicted molar refractivity (Wildman–Crippen MR) is 111 cm³/mol. The number of fused-ring (bicyclic) bond motifs is 1. The molecule has 2 amide bonds. The number of aromatic nitrogens is 1. The van der Waals surface area contributed by atoms with Gasteiger partial charge in [0.05, 0.1) is 11.2 Å². The first-order valence-electron chi connectivity index (χ1n) is 9.06. The lowest BCUT2D eigenvalue weighted by Gasteiger charge is -2.35. The topological polar surface area (TPSA) is 65.5 Å². The molecule has 142 valence electrons. The molecule has 7 heteroatoms. The van der Waals surface area contributed by atoms with E-state index in [-0.39, 0.29) is 0 Å². The van der Waals surface area contributed by atoms with E-state index >= 15 is 0 Å². The second-order valence-corrected chi connectivity index (χ2v) is 7.03. The predicted octanol–water partition coefficient (Wildman–Crippen LogP) is 3.18. The van der Waals surface area contributed by atoms with E-state index in [2.05, 4.69) is 15.2 Å². The number of para-hydroxylation sites is 1. The van der Waals surface area contributed by atoms with Gasteiger partial charge >= 0.3 is 11.8 Å². The lowest BCUT2D eigenvalue weighted by molar-refractivity contribution is -0.143. The first kappa shape index (κ1) is 18.3. The van der Waals surface area contributed by atoms with Crippen molar-refractivity contribution in [2.75, 3.05) is 36.4 Å². The second-order valence-electron chi connectivity index (χ2n) is 6.59. The van der Waals surface area contributed by atoms with Crippen LogP contribution in [-0.2, 0) is 9.59 Å². The van der Waals surface area contributed by atoms with Crippen LogP contribution in [-0.4, -0.2) is 47.9 Å². The van der Waals surface area contributed by atoms with Crippen LogP contribution in [0.3, 0.4) is 0 Å². The second kappa shape index (κ2) is 7.86. The molecule has 1 aromatic heterocycles. The molecule has 0 radical (unpaired) electrons. The quantitative estimate of drug-likeness (QED) is 0.678. The Morgan fingerprint density at radius 1 is 0.964 bits per heavy atom. The highest BCUT2D eigenvalue weighted by molar-refractivity contribution is 6.40. The van der Waals surface area contributed by atoms with Crippen molar-refractivity contribution in [1.82, 2.24) is 9.88 Å². The Morgan fingerprint density at radius 3 is 2.50 bits per heavy atom. The maximum Gasteiger partial charge on any atom is 0.313 e. The summed E-state index contributed by atoms with van der Waals surface area (Å²) in [6, 6.07) is 16.9. The highest BCUT2D eigenvalue weighted by atomic mass is 35.5. The molecule has 6 nitrogen and oxygen atoms in total.